The molecule has 0 bridgehead atoms. The van der Waals surface area contributed by atoms with E-state index in [9.17, 15) is 15.0 Å². The van der Waals surface area contributed by atoms with Crippen molar-refractivity contribution in [3.8, 4) is 17.0 Å². The summed E-state index contributed by atoms with van der Waals surface area (Å²) in [5, 5.41) is 23.9. The lowest BCUT2D eigenvalue weighted by atomic mass is 9.91. The molecule has 1 heterocycles. The number of aryl methyl sites for hydroxylation is 2. The number of fused-ring (bicyclic) bond motifs is 3. The molecule has 0 aliphatic heterocycles. The minimum atomic E-state index is -1.07. The first-order valence-corrected chi connectivity index (χ1v) is 10.4. The van der Waals surface area contributed by atoms with E-state index in [1.807, 2.05) is 30.3 Å². The molecule has 0 saturated heterocycles. The smallest absolute Gasteiger partial charge is 0.256 e. The van der Waals surface area contributed by atoms with Gasteiger partial charge in [0.15, 0.2) is 5.82 Å². The summed E-state index contributed by atoms with van der Waals surface area (Å²) in [6.45, 7) is 0. The van der Waals surface area contributed by atoms with Crippen LogP contribution in [0, 0.1) is 0 Å². The number of phenolic OH excluding ortho intramolecular Hbond substituents is 1. The summed E-state index contributed by atoms with van der Waals surface area (Å²) < 4.78 is 0. The quantitative estimate of drug-likeness (QED) is 0.455. The lowest BCUT2D eigenvalue weighted by molar-refractivity contribution is 0.102. The number of phenols is 1. The first-order chi connectivity index (χ1) is 15.6. The zero-order valence-corrected chi connectivity index (χ0v) is 17.2. The van der Waals surface area contributed by atoms with E-state index in [0.29, 0.717) is 29.7 Å². The average Bonchev–Trinajstić information content (AvgIpc) is 2.84. The number of carbonyl (C=O) groups excluding carboxylic acids is 1. The Hall–Kier alpha value is -4.03. The Bertz CT molecular complexity index is 1290. The van der Waals surface area contributed by atoms with Gasteiger partial charge >= 0.3 is 0 Å². The normalized spacial score (nSPS) is 13.0. The molecule has 6 nitrogen and oxygen atoms in total. The van der Waals surface area contributed by atoms with Gasteiger partial charge in [-0.1, -0.05) is 48.5 Å². The number of aromatic hydroxyl groups is 1. The van der Waals surface area contributed by atoms with Crippen LogP contribution in [0.5, 0.6) is 5.75 Å². The maximum atomic E-state index is 12.8. The molecule has 1 aliphatic rings. The van der Waals surface area contributed by atoms with Gasteiger partial charge < -0.3 is 15.5 Å². The Balaban J connectivity index is 1.62. The van der Waals surface area contributed by atoms with E-state index >= 15 is 0 Å². The summed E-state index contributed by atoms with van der Waals surface area (Å²) in [4.78, 5) is 22.4. The Morgan fingerprint density at radius 2 is 1.62 bits per heavy atom. The molecule has 1 aliphatic carbocycles. The number of nitrogens with one attached hydrogen (secondary N) is 1. The second kappa shape index (κ2) is 8.24. The molecule has 3 N–H and O–H groups in total. The Morgan fingerprint density at radius 3 is 2.38 bits per heavy atom. The number of nitrogens with zero attached hydrogens (tertiary/aromatic N) is 2. The molecule has 0 saturated carbocycles. The number of anilines is 1. The Morgan fingerprint density at radius 1 is 0.906 bits per heavy atom. The number of aliphatic hydroxyl groups excluding tert-OH is 1. The molecule has 1 aromatic heterocycles. The molecule has 5 rings (SSSR count). The number of hydrogen-bond acceptors (Lipinski definition) is 5. The van der Waals surface area contributed by atoms with E-state index in [1.54, 1.807) is 48.5 Å². The van der Waals surface area contributed by atoms with Gasteiger partial charge in [-0.2, -0.15) is 0 Å². The molecule has 32 heavy (non-hydrogen) atoms. The highest BCUT2D eigenvalue weighted by Gasteiger charge is 2.26. The van der Waals surface area contributed by atoms with Gasteiger partial charge in [0, 0.05) is 11.1 Å². The molecule has 4 aromatic rings. The van der Waals surface area contributed by atoms with Gasteiger partial charge in [0.05, 0.1) is 11.4 Å². The van der Waals surface area contributed by atoms with Crippen LogP contribution >= 0.6 is 0 Å². The van der Waals surface area contributed by atoms with Crippen LogP contribution in [0.25, 0.3) is 11.3 Å². The third-order valence-electron chi connectivity index (χ3n) is 5.61. The van der Waals surface area contributed by atoms with Crippen LogP contribution in [0.4, 0.5) is 5.82 Å². The third kappa shape index (κ3) is 3.72. The highest BCUT2D eigenvalue weighted by Crippen LogP contribution is 2.36. The first kappa shape index (κ1) is 19.9. The number of aromatic nitrogens is 2. The van der Waals surface area contributed by atoms with Gasteiger partial charge in [-0.3, -0.25) is 4.79 Å². The van der Waals surface area contributed by atoms with E-state index in [0.717, 1.165) is 16.8 Å². The standard InChI is InChI=1S/C26H21N3O3/c30-19-12-13-20-18(15-19)11-14-21-22(20)28-23(24(31)16-7-3-1-4-8-16)25(27-21)29-26(32)17-9-5-2-6-10-17/h1-10,12-13,15,24,30-31H,11,14H2,(H,27,29,32). The van der Waals surface area contributed by atoms with Gasteiger partial charge in [0.1, 0.15) is 17.5 Å². The third-order valence-corrected chi connectivity index (χ3v) is 5.61. The van der Waals surface area contributed by atoms with Crippen molar-refractivity contribution in [2.75, 3.05) is 5.32 Å². The largest absolute Gasteiger partial charge is 0.508 e. The van der Waals surface area contributed by atoms with Crippen LogP contribution in [-0.4, -0.2) is 26.1 Å². The molecule has 3 aromatic carbocycles. The molecule has 1 amide bonds. The van der Waals surface area contributed by atoms with Crippen LogP contribution < -0.4 is 5.32 Å². The van der Waals surface area contributed by atoms with Gasteiger partial charge in [0.25, 0.3) is 5.91 Å². The molecular formula is C26H21N3O3. The lowest BCUT2D eigenvalue weighted by Crippen LogP contribution is -2.20. The number of hydrogen-bond donors (Lipinski definition) is 3. The molecular weight excluding hydrogens is 402 g/mol. The highest BCUT2D eigenvalue weighted by molar-refractivity contribution is 6.04. The summed E-state index contributed by atoms with van der Waals surface area (Å²) in [6.07, 6.45) is 0.259. The number of rotatable bonds is 4. The Labute approximate surface area is 185 Å². The van der Waals surface area contributed by atoms with E-state index in [4.69, 9.17) is 9.97 Å². The number of aliphatic hydroxyl groups is 1. The summed E-state index contributed by atoms with van der Waals surface area (Å²) in [5.41, 5.74) is 4.68. The SMILES string of the molecule is O=C(Nc1nc2c(nc1C(O)c1ccccc1)-c1ccc(O)cc1CC2)c1ccccc1. The van der Waals surface area contributed by atoms with Crippen molar-refractivity contribution in [1.82, 2.24) is 9.97 Å². The van der Waals surface area contributed by atoms with Crippen LogP contribution in [0.1, 0.15) is 39.0 Å². The van der Waals surface area contributed by atoms with Crippen molar-refractivity contribution in [3.05, 3.63) is 107 Å². The van der Waals surface area contributed by atoms with Crippen molar-refractivity contribution in [3.63, 3.8) is 0 Å². The number of carbonyl (C=O) groups is 1. The predicted octanol–water partition coefficient (Wildman–Crippen LogP) is 4.28. The van der Waals surface area contributed by atoms with Crippen molar-refractivity contribution >= 4 is 11.7 Å². The fourth-order valence-electron chi connectivity index (χ4n) is 3.99. The molecule has 1 unspecified atom stereocenters. The zero-order valence-electron chi connectivity index (χ0n) is 17.2. The summed E-state index contributed by atoms with van der Waals surface area (Å²) in [7, 11) is 0. The molecule has 0 radical (unpaired) electrons. The highest BCUT2D eigenvalue weighted by atomic mass is 16.3. The van der Waals surface area contributed by atoms with Crippen molar-refractivity contribution < 1.29 is 15.0 Å². The number of benzene rings is 3. The molecule has 1 atom stereocenters. The maximum absolute atomic E-state index is 12.8. The summed E-state index contributed by atoms with van der Waals surface area (Å²) in [6, 6.07) is 23.2. The molecule has 0 fully saturated rings. The van der Waals surface area contributed by atoms with Gasteiger partial charge in [-0.25, -0.2) is 9.97 Å². The second-order valence-corrected chi connectivity index (χ2v) is 7.73. The van der Waals surface area contributed by atoms with Crippen molar-refractivity contribution in [2.45, 2.75) is 18.9 Å². The average molecular weight is 423 g/mol. The van der Waals surface area contributed by atoms with Crippen molar-refractivity contribution in [1.29, 1.82) is 0 Å². The summed E-state index contributed by atoms with van der Waals surface area (Å²) >= 11 is 0. The fourth-order valence-corrected chi connectivity index (χ4v) is 3.99. The molecule has 0 spiro atoms. The van der Waals surface area contributed by atoms with Crippen LogP contribution in [0.2, 0.25) is 0 Å². The Kier molecular flexibility index (Phi) is 5.13. The molecule has 6 heteroatoms. The molecule has 158 valence electrons. The second-order valence-electron chi connectivity index (χ2n) is 7.73. The van der Waals surface area contributed by atoms with E-state index < -0.39 is 6.10 Å². The van der Waals surface area contributed by atoms with Crippen LogP contribution in [0.3, 0.4) is 0 Å². The van der Waals surface area contributed by atoms with Gasteiger partial charge in [-0.15, -0.1) is 0 Å². The van der Waals surface area contributed by atoms with Crippen LogP contribution in [-0.2, 0) is 12.8 Å². The van der Waals surface area contributed by atoms with Gasteiger partial charge in [-0.05, 0) is 54.3 Å². The minimum absolute atomic E-state index is 0.205. The van der Waals surface area contributed by atoms with Crippen molar-refractivity contribution in [2.24, 2.45) is 0 Å². The van der Waals surface area contributed by atoms with E-state index in [2.05, 4.69) is 5.32 Å². The lowest BCUT2D eigenvalue weighted by Gasteiger charge is -2.23. The topological polar surface area (TPSA) is 95.3 Å². The first-order valence-electron chi connectivity index (χ1n) is 10.4. The van der Waals surface area contributed by atoms with E-state index in [-0.39, 0.29) is 23.2 Å². The fraction of sp³-hybridized carbons (Fsp3) is 0.115. The monoisotopic (exact) mass is 423 g/mol. The zero-order chi connectivity index (χ0) is 22.1. The van der Waals surface area contributed by atoms with Gasteiger partial charge in [0.2, 0.25) is 0 Å². The van der Waals surface area contributed by atoms with E-state index in [1.165, 1.54) is 0 Å². The number of amides is 1. The minimum Gasteiger partial charge on any atom is -0.508 e. The summed E-state index contributed by atoms with van der Waals surface area (Å²) in [5.74, 6) is 0.134. The maximum Gasteiger partial charge on any atom is 0.256 e. The van der Waals surface area contributed by atoms with Crippen LogP contribution in [0.15, 0.2) is 78.9 Å². The predicted molar refractivity (Wildman–Crippen MR) is 121 cm³/mol.